The molecule has 0 aliphatic carbocycles. The predicted octanol–water partition coefficient (Wildman–Crippen LogP) is 3.04. The number of hydrogen-bond acceptors (Lipinski definition) is 2. The lowest BCUT2D eigenvalue weighted by Crippen LogP contribution is -2.10. The van der Waals surface area contributed by atoms with Crippen molar-refractivity contribution in [3.8, 4) is 0 Å². The van der Waals surface area contributed by atoms with E-state index in [0.29, 0.717) is 16.0 Å². The zero-order valence-corrected chi connectivity index (χ0v) is 8.98. The minimum Gasteiger partial charge on any atom is -0.710 e. The summed E-state index contributed by atoms with van der Waals surface area (Å²) in [5.41, 5.74) is 0.882. The Morgan fingerprint density at radius 1 is 0.941 bits per heavy atom. The molecule has 0 aliphatic heterocycles. The molecule has 84 valence electrons. The van der Waals surface area contributed by atoms with Gasteiger partial charge in [-0.25, -0.2) is 4.74 Å². The Balaban J connectivity index is 2.52. The fraction of sp³-hybridized carbons (Fsp3) is 0. The summed E-state index contributed by atoms with van der Waals surface area (Å²) in [7, 11) is 0. The van der Waals surface area contributed by atoms with E-state index in [2.05, 4.69) is 5.18 Å². The number of nitrogens with zero attached hydrogens (tertiary/aromatic N) is 2. The van der Waals surface area contributed by atoms with Crippen molar-refractivity contribution in [2.75, 3.05) is 0 Å². The van der Waals surface area contributed by atoms with E-state index < -0.39 is 0 Å². The Morgan fingerprint density at radius 3 is 2.00 bits per heavy atom. The topological polar surface area (TPSA) is 55.5 Å². The van der Waals surface area contributed by atoms with Gasteiger partial charge in [-0.3, -0.25) is 0 Å². The van der Waals surface area contributed by atoms with E-state index in [1.807, 2.05) is 6.07 Å². The largest absolute Gasteiger partial charge is 0.710 e. The molecule has 0 aromatic heterocycles. The van der Waals surface area contributed by atoms with E-state index >= 15 is 0 Å². The molecule has 0 saturated carbocycles. The number of rotatable bonds is 2. The molecule has 0 bridgehead atoms. The molecule has 4 nitrogen and oxygen atoms in total. The molecule has 4 heteroatoms. The molecule has 0 amide bonds. The number of benzene rings is 2. The fourth-order valence-electron chi connectivity index (χ4n) is 1.48. The minimum atomic E-state index is -0.142. The third-order valence-electron chi connectivity index (χ3n) is 2.30. The summed E-state index contributed by atoms with van der Waals surface area (Å²) < 4.78 is 0.530. The van der Waals surface area contributed by atoms with Crippen molar-refractivity contribution in [1.29, 1.82) is 0 Å². The zero-order chi connectivity index (χ0) is 12.1. The van der Waals surface area contributed by atoms with Crippen LogP contribution in [0.1, 0.15) is 5.56 Å². The first kappa shape index (κ1) is 11.0. The van der Waals surface area contributed by atoms with Crippen LogP contribution in [-0.4, -0.2) is 10.6 Å². The fourth-order valence-corrected chi connectivity index (χ4v) is 1.48. The van der Waals surface area contributed by atoms with Gasteiger partial charge in [0.1, 0.15) is 5.69 Å². The van der Waals surface area contributed by atoms with Gasteiger partial charge in [-0.05, 0) is 29.2 Å². The molecule has 0 aliphatic rings. The van der Waals surface area contributed by atoms with Crippen molar-refractivity contribution in [2.24, 2.45) is 5.18 Å². The van der Waals surface area contributed by atoms with E-state index in [9.17, 15) is 10.1 Å². The van der Waals surface area contributed by atoms with Crippen LogP contribution in [0, 0.1) is 10.1 Å². The van der Waals surface area contributed by atoms with Crippen LogP contribution in [0.25, 0.3) is 0 Å². The molecule has 0 N–H and O–H groups in total. The molecule has 0 fully saturated rings. The molecule has 0 unspecified atom stereocenters. The van der Waals surface area contributed by atoms with Crippen molar-refractivity contribution in [3.05, 3.63) is 76.3 Å². The van der Waals surface area contributed by atoms with E-state index in [0.717, 1.165) is 0 Å². The molecule has 2 aromatic carbocycles. The highest BCUT2D eigenvalue weighted by Gasteiger charge is 2.15. The van der Waals surface area contributed by atoms with Crippen LogP contribution >= 0.6 is 0 Å². The summed E-state index contributed by atoms with van der Waals surface area (Å²) in [6, 6.07) is 17.2. The van der Waals surface area contributed by atoms with Crippen LogP contribution < -0.4 is 0 Å². The number of hydrogen-bond donors (Lipinski definition) is 0. The molecule has 0 radical (unpaired) electrons. The monoisotopic (exact) mass is 226 g/mol. The van der Waals surface area contributed by atoms with Crippen molar-refractivity contribution in [3.63, 3.8) is 0 Å². The normalized spacial score (nSPS) is 11.8. The maximum atomic E-state index is 12.0. The van der Waals surface area contributed by atoms with Crippen LogP contribution in [0.3, 0.4) is 0 Å². The Labute approximate surface area is 98.4 Å². The lowest BCUT2D eigenvalue weighted by atomic mass is 10.2. The van der Waals surface area contributed by atoms with Gasteiger partial charge < -0.3 is 5.21 Å². The van der Waals surface area contributed by atoms with Crippen molar-refractivity contribution in [2.45, 2.75) is 0 Å². The maximum Gasteiger partial charge on any atom is 0.385 e. The van der Waals surface area contributed by atoms with E-state index in [4.69, 9.17) is 0 Å². The van der Waals surface area contributed by atoms with Gasteiger partial charge in [-0.2, -0.15) is 0 Å². The first-order chi connectivity index (χ1) is 8.33. The summed E-state index contributed by atoms with van der Waals surface area (Å²) in [5.74, 6) is -0.142. The average Bonchev–Trinajstić information content (AvgIpc) is 2.42. The van der Waals surface area contributed by atoms with Gasteiger partial charge in [0, 0.05) is 0 Å². The number of amidine groups is 1. The maximum absolute atomic E-state index is 12.0. The highest BCUT2D eigenvalue weighted by atomic mass is 16.5. The minimum absolute atomic E-state index is 0.142. The molecular weight excluding hydrogens is 216 g/mol. The quantitative estimate of drug-likeness (QED) is 0.197. The lowest BCUT2D eigenvalue weighted by Gasteiger charge is -2.09. The molecular formula is C13H10N2O2. The van der Waals surface area contributed by atoms with Gasteiger partial charge in [0.25, 0.3) is 0 Å². The second-order valence-electron chi connectivity index (χ2n) is 3.41. The van der Waals surface area contributed by atoms with Crippen LogP contribution in [0.4, 0.5) is 5.69 Å². The zero-order valence-electron chi connectivity index (χ0n) is 8.98. The van der Waals surface area contributed by atoms with Gasteiger partial charge in [-0.1, -0.05) is 36.4 Å². The summed E-state index contributed by atoms with van der Waals surface area (Å²) in [5, 5.41) is 14.8. The van der Waals surface area contributed by atoms with Crippen LogP contribution in [0.5, 0.6) is 0 Å². The van der Waals surface area contributed by atoms with Gasteiger partial charge >= 0.3 is 5.84 Å². The van der Waals surface area contributed by atoms with Gasteiger partial charge in [0.05, 0.1) is 5.56 Å². The van der Waals surface area contributed by atoms with E-state index in [1.165, 1.54) is 0 Å². The van der Waals surface area contributed by atoms with Crippen molar-refractivity contribution in [1.82, 2.24) is 0 Å². The third-order valence-corrected chi connectivity index (χ3v) is 2.30. The standard InChI is InChI=1S/C13H10N2O2/c16-14-13(11-7-3-1-4-8-11)15(17)12-9-5-2-6-10-12/h1-10H/b15-13+. The Kier molecular flexibility index (Phi) is 3.25. The van der Waals surface area contributed by atoms with Gasteiger partial charge in [0.15, 0.2) is 0 Å². The molecule has 0 saturated heterocycles. The van der Waals surface area contributed by atoms with Crippen molar-refractivity contribution >= 4 is 11.5 Å². The first-order valence-corrected chi connectivity index (χ1v) is 5.11. The molecule has 0 heterocycles. The number of nitroso groups, excluding NO2 is 1. The summed E-state index contributed by atoms with van der Waals surface area (Å²) >= 11 is 0. The Morgan fingerprint density at radius 2 is 1.47 bits per heavy atom. The SMILES string of the molecule is O=N/C(c1ccccc1)=[N+](/[O-])c1ccccc1. The molecule has 0 atom stereocenters. The van der Waals surface area contributed by atoms with Gasteiger partial charge in [0.2, 0.25) is 5.18 Å². The molecule has 17 heavy (non-hydrogen) atoms. The smallest absolute Gasteiger partial charge is 0.385 e. The molecule has 2 aromatic rings. The summed E-state index contributed by atoms with van der Waals surface area (Å²) in [6.07, 6.45) is 0. The second-order valence-corrected chi connectivity index (χ2v) is 3.41. The van der Waals surface area contributed by atoms with Crippen LogP contribution in [0.2, 0.25) is 0 Å². The lowest BCUT2D eigenvalue weighted by molar-refractivity contribution is -0.361. The van der Waals surface area contributed by atoms with E-state index in [-0.39, 0.29) is 5.84 Å². The predicted molar refractivity (Wildman–Crippen MR) is 66.1 cm³/mol. The van der Waals surface area contributed by atoms with Crippen molar-refractivity contribution < 1.29 is 4.74 Å². The summed E-state index contributed by atoms with van der Waals surface area (Å²) in [4.78, 5) is 10.8. The Bertz CT molecular complexity index is 536. The first-order valence-electron chi connectivity index (χ1n) is 5.11. The van der Waals surface area contributed by atoms with Crippen LogP contribution in [0.15, 0.2) is 65.8 Å². The number of para-hydroxylation sites is 1. The highest BCUT2D eigenvalue weighted by Crippen LogP contribution is 2.12. The third kappa shape index (κ3) is 2.36. The average molecular weight is 226 g/mol. The molecule has 2 rings (SSSR count). The van der Waals surface area contributed by atoms with E-state index in [1.54, 1.807) is 54.6 Å². The summed E-state index contributed by atoms with van der Waals surface area (Å²) in [6.45, 7) is 0. The Hall–Kier alpha value is -2.49. The highest BCUT2D eigenvalue weighted by molar-refractivity contribution is 5.96. The molecule has 0 spiro atoms. The van der Waals surface area contributed by atoms with Gasteiger partial charge in [-0.15, -0.1) is 0 Å². The van der Waals surface area contributed by atoms with Crippen LogP contribution in [-0.2, 0) is 0 Å². The second kappa shape index (κ2) is 5.03.